The van der Waals surface area contributed by atoms with E-state index in [-0.39, 0.29) is 0 Å². The van der Waals surface area contributed by atoms with Crippen molar-refractivity contribution < 1.29 is 0 Å². The summed E-state index contributed by atoms with van der Waals surface area (Å²) in [6.07, 6.45) is 3.34. The highest BCUT2D eigenvalue weighted by Crippen LogP contribution is 2.23. The highest BCUT2D eigenvalue weighted by atomic mass is 15.3. The first-order chi connectivity index (χ1) is 10.1. The van der Waals surface area contributed by atoms with Gasteiger partial charge < -0.3 is 5.32 Å². The van der Waals surface area contributed by atoms with Gasteiger partial charge in [0, 0.05) is 18.8 Å². The molecule has 3 heteroatoms. The third kappa shape index (κ3) is 3.53. The molecule has 1 heterocycles. The third-order valence-electron chi connectivity index (χ3n) is 4.34. The Hall–Kier alpha value is -1.61. The zero-order valence-corrected chi connectivity index (χ0v) is 13.9. The Balaban J connectivity index is 2.19. The van der Waals surface area contributed by atoms with Crippen LogP contribution in [-0.2, 0) is 19.9 Å². The maximum absolute atomic E-state index is 4.52. The Bertz CT molecular complexity index is 581. The van der Waals surface area contributed by atoms with E-state index in [0.717, 1.165) is 18.5 Å². The maximum Gasteiger partial charge on any atom is 0.0629 e. The van der Waals surface area contributed by atoms with E-state index in [1.165, 1.54) is 28.8 Å². The van der Waals surface area contributed by atoms with Crippen LogP contribution in [0, 0.1) is 13.8 Å². The minimum atomic E-state index is 0.335. The lowest BCUT2D eigenvalue weighted by molar-refractivity contribution is 0.588. The lowest BCUT2D eigenvalue weighted by atomic mass is 9.96. The van der Waals surface area contributed by atoms with Crippen molar-refractivity contribution in [1.29, 1.82) is 0 Å². The van der Waals surface area contributed by atoms with Crippen LogP contribution in [0.5, 0.6) is 0 Å². The fraction of sp³-hybridized carbons (Fsp3) is 0.500. The minimum absolute atomic E-state index is 0.335. The van der Waals surface area contributed by atoms with E-state index in [0.29, 0.717) is 6.04 Å². The van der Waals surface area contributed by atoms with Crippen molar-refractivity contribution >= 4 is 0 Å². The van der Waals surface area contributed by atoms with Gasteiger partial charge in [0.2, 0.25) is 0 Å². The van der Waals surface area contributed by atoms with E-state index < -0.39 is 0 Å². The van der Waals surface area contributed by atoms with Gasteiger partial charge >= 0.3 is 0 Å². The molecule has 0 bridgehead atoms. The fourth-order valence-corrected chi connectivity index (χ4v) is 2.91. The summed E-state index contributed by atoms with van der Waals surface area (Å²) in [5.41, 5.74) is 6.52. The zero-order valence-electron chi connectivity index (χ0n) is 13.9. The average Bonchev–Trinajstić information content (AvgIpc) is 2.72. The first-order valence-electron chi connectivity index (χ1n) is 7.82. The van der Waals surface area contributed by atoms with Crippen LogP contribution in [0.25, 0.3) is 0 Å². The number of aryl methyl sites for hydroxylation is 3. The number of benzene rings is 1. The molecule has 2 aromatic rings. The van der Waals surface area contributed by atoms with E-state index in [9.17, 15) is 0 Å². The van der Waals surface area contributed by atoms with Gasteiger partial charge in [-0.25, -0.2) is 0 Å². The SMILES string of the molecule is CCCc1ccc(C(Cc2c(C)nn(C)c2C)NC)cc1. The zero-order chi connectivity index (χ0) is 15.4. The second kappa shape index (κ2) is 6.90. The molecule has 0 spiro atoms. The van der Waals surface area contributed by atoms with E-state index in [1.54, 1.807) is 0 Å². The van der Waals surface area contributed by atoms with Gasteiger partial charge in [-0.2, -0.15) is 5.10 Å². The second-order valence-electron chi connectivity index (χ2n) is 5.81. The summed E-state index contributed by atoms with van der Waals surface area (Å²) in [6, 6.07) is 9.36. The first-order valence-corrected chi connectivity index (χ1v) is 7.82. The largest absolute Gasteiger partial charge is 0.313 e. The molecular formula is C18H27N3. The molecule has 0 aliphatic rings. The molecule has 0 radical (unpaired) electrons. The highest BCUT2D eigenvalue weighted by molar-refractivity contribution is 5.30. The minimum Gasteiger partial charge on any atom is -0.313 e. The molecule has 1 unspecified atom stereocenters. The molecule has 1 aromatic heterocycles. The molecule has 1 atom stereocenters. The Labute approximate surface area is 128 Å². The van der Waals surface area contributed by atoms with Crippen molar-refractivity contribution in [2.24, 2.45) is 7.05 Å². The quantitative estimate of drug-likeness (QED) is 0.880. The van der Waals surface area contributed by atoms with Gasteiger partial charge in [-0.15, -0.1) is 0 Å². The monoisotopic (exact) mass is 285 g/mol. The lowest BCUT2D eigenvalue weighted by Gasteiger charge is -2.17. The van der Waals surface area contributed by atoms with Crippen LogP contribution in [0.2, 0.25) is 0 Å². The van der Waals surface area contributed by atoms with Crippen molar-refractivity contribution in [2.45, 2.75) is 46.1 Å². The van der Waals surface area contributed by atoms with Crippen LogP contribution in [0.1, 0.15) is 47.5 Å². The van der Waals surface area contributed by atoms with Crippen LogP contribution in [-0.4, -0.2) is 16.8 Å². The van der Waals surface area contributed by atoms with Crippen molar-refractivity contribution in [3.05, 3.63) is 52.3 Å². The topological polar surface area (TPSA) is 29.9 Å². The summed E-state index contributed by atoms with van der Waals surface area (Å²) in [7, 11) is 4.05. The molecule has 3 nitrogen and oxygen atoms in total. The molecule has 0 saturated heterocycles. The predicted octanol–water partition coefficient (Wildman–Crippen LogP) is 3.49. The van der Waals surface area contributed by atoms with Gasteiger partial charge in [0.15, 0.2) is 0 Å². The molecular weight excluding hydrogens is 258 g/mol. The number of likely N-dealkylation sites (N-methyl/N-ethyl adjacent to an activating group) is 1. The fourth-order valence-electron chi connectivity index (χ4n) is 2.91. The molecule has 2 rings (SSSR count). The number of hydrogen-bond acceptors (Lipinski definition) is 2. The third-order valence-corrected chi connectivity index (χ3v) is 4.34. The molecule has 0 saturated carbocycles. The molecule has 0 fully saturated rings. The van der Waals surface area contributed by atoms with E-state index in [1.807, 2.05) is 18.8 Å². The summed E-state index contributed by atoms with van der Waals surface area (Å²) in [6.45, 7) is 6.46. The molecule has 1 N–H and O–H groups in total. The molecule has 0 aliphatic heterocycles. The number of nitrogens with one attached hydrogen (secondary N) is 1. The first kappa shape index (κ1) is 15.8. The van der Waals surface area contributed by atoms with Gasteiger partial charge in [0.25, 0.3) is 0 Å². The Kier molecular flexibility index (Phi) is 5.18. The van der Waals surface area contributed by atoms with Crippen LogP contribution in [0.15, 0.2) is 24.3 Å². The molecule has 114 valence electrons. The number of rotatable bonds is 6. The van der Waals surface area contributed by atoms with Gasteiger partial charge in [0.05, 0.1) is 5.69 Å². The standard InChI is InChI=1S/C18H27N3/c1-6-7-15-8-10-16(11-9-15)18(19-4)12-17-13(2)20-21(5)14(17)3/h8-11,18-19H,6-7,12H2,1-5H3. The van der Waals surface area contributed by atoms with Crippen LogP contribution >= 0.6 is 0 Å². The van der Waals surface area contributed by atoms with Crippen molar-refractivity contribution in [1.82, 2.24) is 15.1 Å². The van der Waals surface area contributed by atoms with E-state index >= 15 is 0 Å². The summed E-state index contributed by atoms with van der Waals surface area (Å²) in [4.78, 5) is 0. The van der Waals surface area contributed by atoms with Crippen molar-refractivity contribution in [3.63, 3.8) is 0 Å². The molecule has 1 aromatic carbocycles. The van der Waals surface area contributed by atoms with E-state index in [4.69, 9.17) is 0 Å². The number of aromatic nitrogens is 2. The van der Waals surface area contributed by atoms with Crippen LogP contribution < -0.4 is 5.32 Å². The van der Waals surface area contributed by atoms with Gasteiger partial charge in [-0.3, -0.25) is 4.68 Å². The summed E-state index contributed by atoms with van der Waals surface area (Å²) < 4.78 is 1.97. The van der Waals surface area contributed by atoms with Crippen molar-refractivity contribution in [3.8, 4) is 0 Å². The van der Waals surface area contributed by atoms with Gasteiger partial charge in [0.1, 0.15) is 0 Å². The Morgan fingerprint density at radius 2 is 1.86 bits per heavy atom. The summed E-state index contributed by atoms with van der Waals surface area (Å²) in [5, 5.41) is 7.96. The van der Waals surface area contributed by atoms with Gasteiger partial charge in [-0.1, -0.05) is 37.6 Å². The van der Waals surface area contributed by atoms with Crippen LogP contribution in [0.4, 0.5) is 0 Å². The summed E-state index contributed by atoms with van der Waals surface area (Å²) in [5.74, 6) is 0. The Morgan fingerprint density at radius 1 is 1.19 bits per heavy atom. The van der Waals surface area contributed by atoms with E-state index in [2.05, 4.69) is 55.5 Å². The number of nitrogens with zero attached hydrogens (tertiary/aromatic N) is 2. The van der Waals surface area contributed by atoms with Crippen LogP contribution in [0.3, 0.4) is 0 Å². The molecule has 0 aliphatic carbocycles. The summed E-state index contributed by atoms with van der Waals surface area (Å²) >= 11 is 0. The normalized spacial score (nSPS) is 12.6. The number of hydrogen-bond donors (Lipinski definition) is 1. The predicted molar refractivity (Wildman–Crippen MR) is 88.6 cm³/mol. The maximum atomic E-state index is 4.52. The van der Waals surface area contributed by atoms with Gasteiger partial charge in [-0.05, 0) is 50.4 Å². The second-order valence-corrected chi connectivity index (χ2v) is 5.81. The lowest BCUT2D eigenvalue weighted by Crippen LogP contribution is -2.19. The Morgan fingerprint density at radius 3 is 2.33 bits per heavy atom. The molecule has 21 heavy (non-hydrogen) atoms. The smallest absolute Gasteiger partial charge is 0.0629 e. The highest BCUT2D eigenvalue weighted by Gasteiger charge is 2.16. The average molecular weight is 285 g/mol. The van der Waals surface area contributed by atoms with Crippen molar-refractivity contribution in [2.75, 3.05) is 7.05 Å². The molecule has 0 amide bonds.